The minimum absolute atomic E-state index is 0.0193. The number of carbonyl (C=O) groups is 1. The van der Waals surface area contributed by atoms with Crippen molar-refractivity contribution in [3.63, 3.8) is 0 Å². The maximum Gasteiger partial charge on any atom is 0.262 e. The topological polar surface area (TPSA) is 49.3 Å². The molecule has 1 aliphatic carbocycles. The smallest absolute Gasteiger partial charge is 0.262 e. The minimum atomic E-state index is -0.0193. The van der Waals surface area contributed by atoms with Gasteiger partial charge in [0.15, 0.2) is 0 Å². The molecule has 0 saturated heterocycles. The third kappa shape index (κ3) is 3.34. The molecule has 0 bridgehead atoms. The van der Waals surface area contributed by atoms with E-state index >= 15 is 0 Å². The highest BCUT2D eigenvalue weighted by Gasteiger charge is 2.32. The maximum absolute atomic E-state index is 12.5. The minimum Gasteiger partial charge on any atom is -0.396 e. The first kappa shape index (κ1) is 14.3. The van der Waals surface area contributed by atoms with Crippen molar-refractivity contribution in [2.24, 2.45) is 5.92 Å². The molecule has 2 aromatic rings. The fourth-order valence-corrected chi connectivity index (χ4v) is 3.45. The molecule has 1 saturated carbocycles. The van der Waals surface area contributed by atoms with Gasteiger partial charge in [0.25, 0.3) is 5.91 Å². The van der Waals surface area contributed by atoms with Gasteiger partial charge < -0.3 is 10.4 Å². The first-order chi connectivity index (χ1) is 10.3. The summed E-state index contributed by atoms with van der Waals surface area (Å²) in [6.07, 6.45) is 2.95. The van der Waals surface area contributed by atoms with Gasteiger partial charge in [-0.25, -0.2) is 0 Å². The van der Waals surface area contributed by atoms with Crippen LogP contribution in [0.1, 0.15) is 28.9 Å². The Morgan fingerprint density at radius 1 is 1.29 bits per heavy atom. The summed E-state index contributed by atoms with van der Waals surface area (Å²) in [7, 11) is 0. The van der Waals surface area contributed by atoms with E-state index in [1.165, 1.54) is 11.3 Å². The molecule has 1 aromatic carbocycles. The van der Waals surface area contributed by atoms with Gasteiger partial charge in [-0.3, -0.25) is 4.79 Å². The van der Waals surface area contributed by atoms with E-state index in [1.807, 2.05) is 41.8 Å². The zero-order valence-electron chi connectivity index (χ0n) is 11.8. The van der Waals surface area contributed by atoms with Crippen LogP contribution in [0.5, 0.6) is 0 Å². The Labute approximate surface area is 128 Å². The van der Waals surface area contributed by atoms with E-state index in [4.69, 9.17) is 5.11 Å². The molecule has 21 heavy (non-hydrogen) atoms. The standard InChI is InChI=1S/C17H19NO2S/c19-10-8-15(13-6-7-13)18-17(20)16-14(9-11-21-16)12-4-2-1-3-5-12/h1-5,9,11,13,15,19H,6-8,10H2,(H,18,20). The van der Waals surface area contributed by atoms with Crippen LogP contribution in [0, 0.1) is 5.92 Å². The number of rotatable bonds is 6. The number of aliphatic hydroxyl groups excluding tert-OH is 1. The molecule has 4 heteroatoms. The Balaban J connectivity index is 1.77. The summed E-state index contributed by atoms with van der Waals surface area (Å²) >= 11 is 1.47. The van der Waals surface area contributed by atoms with Gasteiger partial charge in [0.05, 0.1) is 4.88 Å². The number of nitrogens with one attached hydrogen (secondary N) is 1. The van der Waals surface area contributed by atoms with Crippen molar-refractivity contribution in [1.82, 2.24) is 5.32 Å². The van der Waals surface area contributed by atoms with Crippen LogP contribution in [0.3, 0.4) is 0 Å². The molecule has 1 heterocycles. The molecule has 1 unspecified atom stereocenters. The first-order valence-corrected chi connectivity index (χ1v) is 8.22. The van der Waals surface area contributed by atoms with Crippen LogP contribution in [0.2, 0.25) is 0 Å². The summed E-state index contributed by atoms with van der Waals surface area (Å²) < 4.78 is 0. The van der Waals surface area contributed by atoms with E-state index in [9.17, 15) is 4.79 Å². The zero-order valence-corrected chi connectivity index (χ0v) is 12.6. The van der Waals surface area contributed by atoms with Gasteiger partial charge in [0.2, 0.25) is 0 Å². The molecule has 2 N–H and O–H groups in total. The van der Waals surface area contributed by atoms with Crippen molar-refractivity contribution >= 4 is 17.2 Å². The number of amides is 1. The summed E-state index contributed by atoms with van der Waals surface area (Å²) in [6, 6.07) is 12.1. The van der Waals surface area contributed by atoms with Crippen LogP contribution >= 0.6 is 11.3 Å². The molecule has 1 aromatic heterocycles. The second kappa shape index (κ2) is 6.41. The molecule has 1 aliphatic rings. The summed E-state index contributed by atoms with van der Waals surface area (Å²) in [4.78, 5) is 13.3. The van der Waals surface area contributed by atoms with Gasteiger partial charge in [-0.15, -0.1) is 11.3 Å². The molecule has 3 rings (SSSR count). The summed E-state index contributed by atoms with van der Waals surface area (Å²) in [5.41, 5.74) is 2.05. The first-order valence-electron chi connectivity index (χ1n) is 7.34. The monoisotopic (exact) mass is 301 g/mol. The predicted molar refractivity (Wildman–Crippen MR) is 85.4 cm³/mol. The number of hydrogen-bond donors (Lipinski definition) is 2. The van der Waals surface area contributed by atoms with Crippen molar-refractivity contribution in [3.8, 4) is 11.1 Å². The second-order valence-corrected chi connectivity index (χ2v) is 6.38. The lowest BCUT2D eigenvalue weighted by atomic mass is 10.1. The lowest BCUT2D eigenvalue weighted by Crippen LogP contribution is -2.37. The molecular formula is C17H19NO2S. The number of benzene rings is 1. The van der Waals surface area contributed by atoms with Crippen LogP contribution < -0.4 is 5.32 Å². The molecule has 110 valence electrons. The lowest BCUT2D eigenvalue weighted by molar-refractivity contribution is 0.0929. The molecule has 1 fully saturated rings. The summed E-state index contributed by atoms with van der Waals surface area (Å²) in [5.74, 6) is 0.524. The van der Waals surface area contributed by atoms with Crippen LogP contribution in [0.25, 0.3) is 11.1 Å². The highest BCUT2D eigenvalue weighted by molar-refractivity contribution is 7.12. The second-order valence-electron chi connectivity index (χ2n) is 5.46. The van der Waals surface area contributed by atoms with E-state index in [-0.39, 0.29) is 18.6 Å². The van der Waals surface area contributed by atoms with E-state index in [0.29, 0.717) is 12.3 Å². The SMILES string of the molecule is O=C(NC(CCO)C1CC1)c1sccc1-c1ccccc1. The third-order valence-corrected chi connectivity index (χ3v) is 4.82. The fraction of sp³-hybridized carbons (Fsp3) is 0.353. The summed E-state index contributed by atoms with van der Waals surface area (Å²) in [5, 5.41) is 14.2. The van der Waals surface area contributed by atoms with Crippen LogP contribution in [-0.4, -0.2) is 23.7 Å². The normalized spacial score (nSPS) is 15.7. The molecule has 1 atom stereocenters. The van der Waals surface area contributed by atoms with Crippen molar-refractivity contribution < 1.29 is 9.90 Å². The number of hydrogen-bond acceptors (Lipinski definition) is 3. The predicted octanol–water partition coefficient (Wildman–Crippen LogP) is 3.31. The average molecular weight is 301 g/mol. The van der Waals surface area contributed by atoms with Gasteiger partial charge >= 0.3 is 0 Å². The van der Waals surface area contributed by atoms with Gasteiger partial charge in [0.1, 0.15) is 0 Å². The molecule has 3 nitrogen and oxygen atoms in total. The summed E-state index contributed by atoms with van der Waals surface area (Å²) in [6.45, 7) is 0.122. The number of carbonyl (C=O) groups excluding carboxylic acids is 1. The number of thiophene rings is 1. The van der Waals surface area contributed by atoms with Gasteiger partial charge in [0, 0.05) is 18.2 Å². The fourth-order valence-electron chi connectivity index (χ4n) is 2.63. The molecular weight excluding hydrogens is 282 g/mol. The molecule has 0 aliphatic heterocycles. The third-order valence-electron chi connectivity index (χ3n) is 3.90. The van der Waals surface area contributed by atoms with E-state index in [2.05, 4.69) is 5.32 Å². The Morgan fingerprint density at radius 2 is 2.05 bits per heavy atom. The Kier molecular flexibility index (Phi) is 4.36. The van der Waals surface area contributed by atoms with Gasteiger partial charge in [-0.1, -0.05) is 30.3 Å². The highest BCUT2D eigenvalue weighted by Crippen LogP contribution is 2.35. The number of aliphatic hydroxyl groups is 1. The van der Waals surface area contributed by atoms with Crippen LogP contribution in [-0.2, 0) is 0 Å². The Hall–Kier alpha value is -1.65. The Bertz CT molecular complexity index is 604. The van der Waals surface area contributed by atoms with E-state index < -0.39 is 0 Å². The Morgan fingerprint density at radius 3 is 2.71 bits per heavy atom. The van der Waals surface area contributed by atoms with Gasteiger partial charge in [-0.2, -0.15) is 0 Å². The maximum atomic E-state index is 12.5. The van der Waals surface area contributed by atoms with E-state index in [1.54, 1.807) is 0 Å². The zero-order chi connectivity index (χ0) is 14.7. The van der Waals surface area contributed by atoms with Crippen molar-refractivity contribution in [1.29, 1.82) is 0 Å². The van der Waals surface area contributed by atoms with Gasteiger partial charge in [-0.05, 0) is 42.2 Å². The van der Waals surface area contributed by atoms with Crippen molar-refractivity contribution in [2.75, 3.05) is 6.61 Å². The molecule has 1 amide bonds. The van der Waals surface area contributed by atoms with Crippen LogP contribution in [0.15, 0.2) is 41.8 Å². The molecule has 0 spiro atoms. The van der Waals surface area contributed by atoms with Crippen molar-refractivity contribution in [3.05, 3.63) is 46.7 Å². The van der Waals surface area contributed by atoms with E-state index in [0.717, 1.165) is 28.8 Å². The molecule has 0 radical (unpaired) electrons. The largest absolute Gasteiger partial charge is 0.396 e. The average Bonchev–Trinajstić information content (AvgIpc) is 3.24. The van der Waals surface area contributed by atoms with Crippen molar-refractivity contribution in [2.45, 2.75) is 25.3 Å². The highest BCUT2D eigenvalue weighted by atomic mass is 32.1. The van der Waals surface area contributed by atoms with Crippen LogP contribution in [0.4, 0.5) is 0 Å². The quantitative estimate of drug-likeness (QED) is 0.860. The lowest BCUT2D eigenvalue weighted by Gasteiger charge is -2.17.